The van der Waals surface area contributed by atoms with Crippen LogP contribution < -0.4 is 0 Å². The van der Waals surface area contributed by atoms with Crippen LogP contribution in [0.3, 0.4) is 0 Å². The standard InChI is InChI=1S/C6H10FO7PS/c7-6-1-2-11-15(8,14-6)13-5-3-12-16(9,10)4-5/h5-6H,1-4H2. The highest BCUT2D eigenvalue weighted by molar-refractivity contribution is 7.87. The fraction of sp³-hybridized carbons (Fsp3) is 1.00. The zero-order valence-electron chi connectivity index (χ0n) is 8.07. The first kappa shape index (κ1) is 12.4. The van der Waals surface area contributed by atoms with Gasteiger partial charge in [0.25, 0.3) is 10.1 Å². The largest absolute Gasteiger partial charge is 0.477 e. The van der Waals surface area contributed by atoms with Crippen LogP contribution in [0.15, 0.2) is 0 Å². The molecule has 0 spiro atoms. The number of halogens is 1. The van der Waals surface area contributed by atoms with Gasteiger partial charge in [-0.15, -0.1) is 0 Å². The number of hydrogen-bond donors (Lipinski definition) is 0. The van der Waals surface area contributed by atoms with Crippen molar-refractivity contribution in [3.8, 4) is 0 Å². The Bertz CT molecular complexity index is 409. The molecule has 7 nitrogen and oxygen atoms in total. The van der Waals surface area contributed by atoms with Gasteiger partial charge in [0.2, 0.25) is 6.36 Å². The van der Waals surface area contributed by atoms with Gasteiger partial charge in [0, 0.05) is 6.42 Å². The summed E-state index contributed by atoms with van der Waals surface area (Å²) in [6, 6.07) is 0. The number of phosphoric ester groups is 1. The van der Waals surface area contributed by atoms with Crippen molar-refractivity contribution in [2.75, 3.05) is 19.0 Å². The van der Waals surface area contributed by atoms with Crippen LogP contribution >= 0.6 is 7.82 Å². The Hall–Kier alpha value is -0.0500. The lowest BCUT2D eigenvalue weighted by Crippen LogP contribution is -2.22. The lowest BCUT2D eigenvalue weighted by Gasteiger charge is -2.25. The lowest BCUT2D eigenvalue weighted by atomic mass is 10.5. The maximum Gasteiger partial charge on any atom is 0.477 e. The normalized spacial score (nSPS) is 43.3. The minimum atomic E-state index is -3.99. The van der Waals surface area contributed by atoms with Crippen molar-refractivity contribution < 1.29 is 35.1 Å². The topological polar surface area (TPSA) is 88.1 Å². The lowest BCUT2D eigenvalue weighted by molar-refractivity contribution is -0.0432. The van der Waals surface area contributed by atoms with Crippen LogP contribution in [0.5, 0.6) is 0 Å². The van der Waals surface area contributed by atoms with E-state index in [4.69, 9.17) is 4.52 Å². The quantitative estimate of drug-likeness (QED) is 0.538. The summed E-state index contributed by atoms with van der Waals surface area (Å²) in [6.07, 6.45) is -2.72. The molecule has 0 bridgehead atoms. The minimum Gasteiger partial charge on any atom is -0.287 e. The van der Waals surface area contributed by atoms with E-state index in [1.54, 1.807) is 0 Å². The second kappa shape index (κ2) is 4.32. The molecule has 2 saturated heterocycles. The molecule has 2 aliphatic heterocycles. The van der Waals surface area contributed by atoms with Crippen LogP contribution in [0.4, 0.5) is 4.39 Å². The summed E-state index contributed by atoms with van der Waals surface area (Å²) in [5.41, 5.74) is 0. The molecule has 0 aromatic carbocycles. The monoisotopic (exact) mass is 276 g/mol. The first-order valence-electron chi connectivity index (χ1n) is 4.51. The van der Waals surface area contributed by atoms with E-state index in [2.05, 4.69) is 13.2 Å². The molecule has 2 heterocycles. The Balaban J connectivity index is 1.97. The molecule has 0 amide bonds. The van der Waals surface area contributed by atoms with Gasteiger partial charge in [-0.3, -0.25) is 17.8 Å². The summed E-state index contributed by atoms with van der Waals surface area (Å²) in [5, 5.41) is 0. The van der Waals surface area contributed by atoms with Crippen molar-refractivity contribution >= 4 is 17.9 Å². The average Bonchev–Trinajstić information content (AvgIpc) is 2.43. The predicted octanol–water partition coefficient (Wildman–Crippen LogP) is 0.572. The molecule has 3 atom stereocenters. The van der Waals surface area contributed by atoms with Gasteiger partial charge in [-0.05, 0) is 0 Å². The van der Waals surface area contributed by atoms with Gasteiger partial charge in [-0.1, -0.05) is 0 Å². The number of alkyl halides is 1. The van der Waals surface area contributed by atoms with Crippen molar-refractivity contribution in [3.63, 3.8) is 0 Å². The van der Waals surface area contributed by atoms with Crippen molar-refractivity contribution in [3.05, 3.63) is 0 Å². The molecule has 0 aromatic rings. The zero-order valence-corrected chi connectivity index (χ0v) is 9.79. The summed E-state index contributed by atoms with van der Waals surface area (Å²) >= 11 is 0. The molecule has 2 rings (SSSR count). The van der Waals surface area contributed by atoms with Gasteiger partial charge in [-0.25, -0.2) is 8.96 Å². The van der Waals surface area contributed by atoms with Crippen LogP contribution in [0, 0.1) is 0 Å². The van der Waals surface area contributed by atoms with Crippen LogP contribution in [0.25, 0.3) is 0 Å². The maximum absolute atomic E-state index is 12.8. The summed E-state index contributed by atoms with van der Waals surface area (Å²) in [4.78, 5) is 0. The third-order valence-corrected chi connectivity index (χ3v) is 4.76. The summed E-state index contributed by atoms with van der Waals surface area (Å²) < 4.78 is 64.5. The first-order chi connectivity index (χ1) is 7.39. The van der Waals surface area contributed by atoms with E-state index in [1.807, 2.05) is 0 Å². The number of rotatable bonds is 2. The SMILES string of the molecule is O=P1(OC2COS(=O)(=O)C2)OCCC(F)O1. The van der Waals surface area contributed by atoms with E-state index in [-0.39, 0.29) is 19.6 Å². The Morgan fingerprint density at radius 2 is 2.19 bits per heavy atom. The van der Waals surface area contributed by atoms with Gasteiger partial charge in [0.05, 0.1) is 13.2 Å². The molecule has 0 aliphatic carbocycles. The Morgan fingerprint density at radius 1 is 1.44 bits per heavy atom. The summed E-state index contributed by atoms with van der Waals surface area (Å²) in [6.45, 7) is -0.366. The highest BCUT2D eigenvalue weighted by Gasteiger charge is 2.41. The van der Waals surface area contributed by atoms with Crippen molar-refractivity contribution in [2.45, 2.75) is 18.9 Å². The molecule has 0 aromatic heterocycles. The molecule has 2 fully saturated rings. The Labute approximate surface area is 91.6 Å². The average molecular weight is 276 g/mol. The van der Waals surface area contributed by atoms with E-state index in [1.165, 1.54) is 0 Å². The van der Waals surface area contributed by atoms with E-state index >= 15 is 0 Å². The predicted molar refractivity (Wildman–Crippen MR) is 48.8 cm³/mol. The van der Waals surface area contributed by atoms with E-state index in [0.717, 1.165) is 0 Å². The van der Waals surface area contributed by atoms with Crippen molar-refractivity contribution in [1.29, 1.82) is 0 Å². The van der Waals surface area contributed by atoms with E-state index in [0.29, 0.717) is 0 Å². The highest BCUT2D eigenvalue weighted by Crippen LogP contribution is 2.55. The molecule has 2 aliphatic rings. The Morgan fingerprint density at radius 3 is 2.75 bits per heavy atom. The van der Waals surface area contributed by atoms with Crippen molar-refractivity contribution in [1.82, 2.24) is 0 Å². The summed E-state index contributed by atoms with van der Waals surface area (Å²) in [5.74, 6) is -0.444. The molecule has 0 N–H and O–H groups in total. The fourth-order valence-electron chi connectivity index (χ4n) is 1.28. The van der Waals surface area contributed by atoms with E-state index in [9.17, 15) is 17.4 Å². The van der Waals surface area contributed by atoms with Gasteiger partial charge < -0.3 is 0 Å². The van der Waals surface area contributed by atoms with Crippen LogP contribution in [-0.2, 0) is 32.4 Å². The van der Waals surface area contributed by atoms with Gasteiger partial charge >= 0.3 is 7.82 Å². The molecule has 3 unspecified atom stereocenters. The van der Waals surface area contributed by atoms with Gasteiger partial charge in [0.15, 0.2) is 0 Å². The van der Waals surface area contributed by atoms with Crippen LogP contribution in [-0.4, -0.2) is 39.8 Å². The second-order valence-electron chi connectivity index (χ2n) is 3.32. The number of phosphoric acid groups is 1. The van der Waals surface area contributed by atoms with Crippen molar-refractivity contribution in [2.24, 2.45) is 0 Å². The minimum absolute atomic E-state index is 0.0349. The van der Waals surface area contributed by atoms with E-state index < -0.39 is 36.2 Å². The molecular weight excluding hydrogens is 266 g/mol. The summed E-state index contributed by atoms with van der Waals surface area (Å²) in [7, 11) is -7.63. The molecular formula is C6H10FO7PS. The third kappa shape index (κ3) is 2.99. The van der Waals surface area contributed by atoms with Gasteiger partial charge in [-0.2, -0.15) is 8.42 Å². The molecule has 10 heteroatoms. The number of hydrogen-bond acceptors (Lipinski definition) is 7. The van der Waals surface area contributed by atoms with Crippen LogP contribution in [0.1, 0.15) is 6.42 Å². The molecule has 94 valence electrons. The fourth-order valence-corrected chi connectivity index (χ4v) is 3.84. The Kier molecular flexibility index (Phi) is 3.35. The molecule has 0 saturated carbocycles. The molecule has 16 heavy (non-hydrogen) atoms. The maximum atomic E-state index is 12.8. The second-order valence-corrected chi connectivity index (χ2v) is 6.58. The molecule has 0 radical (unpaired) electrons. The highest BCUT2D eigenvalue weighted by atomic mass is 32.2. The zero-order chi connectivity index (χ0) is 11.8. The third-order valence-electron chi connectivity index (χ3n) is 1.94. The van der Waals surface area contributed by atoms with Gasteiger partial charge in [0.1, 0.15) is 11.9 Å². The first-order valence-corrected chi connectivity index (χ1v) is 7.55. The van der Waals surface area contributed by atoms with Crippen LogP contribution in [0.2, 0.25) is 0 Å². The smallest absolute Gasteiger partial charge is 0.287 e.